The monoisotopic (exact) mass is 269 g/mol. The Balaban J connectivity index is 2.24. The van der Waals surface area contributed by atoms with Gasteiger partial charge in [-0.3, -0.25) is 4.79 Å². The third-order valence-corrected chi connectivity index (χ3v) is 4.78. The quantitative estimate of drug-likeness (QED) is 0.670. The zero-order valence-corrected chi connectivity index (χ0v) is 12.9. The summed E-state index contributed by atoms with van der Waals surface area (Å²) >= 11 is 0. The summed E-state index contributed by atoms with van der Waals surface area (Å²) in [6.45, 7) is 3.70. The average Bonchev–Trinajstić information content (AvgIpc) is 2.32. The van der Waals surface area contributed by atoms with E-state index in [1.54, 1.807) is 0 Å². The van der Waals surface area contributed by atoms with Gasteiger partial charge in [-0.05, 0) is 58.7 Å². The highest BCUT2D eigenvalue weighted by atomic mass is 16.1. The van der Waals surface area contributed by atoms with Crippen molar-refractivity contribution in [3.05, 3.63) is 0 Å². The van der Waals surface area contributed by atoms with Crippen LogP contribution in [-0.4, -0.2) is 43.5 Å². The van der Waals surface area contributed by atoms with Crippen molar-refractivity contribution in [1.29, 1.82) is 0 Å². The van der Waals surface area contributed by atoms with Crippen molar-refractivity contribution in [2.45, 2.75) is 57.4 Å². The molecule has 1 unspecified atom stereocenters. The predicted octanol–water partition coefficient (Wildman–Crippen LogP) is 1.74. The van der Waals surface area contributed by atoms with Crippen LogP contribution < -0.4 is 11.1 Å². The highest BCUT2D eigenvalue weighted by Crippen LogP contribution is 2.35. The number of likely N-dealkylation sites (N-methyl/N-ethyl adjacent to an activating group) is 1. The summed E-state index contributed by atoms with van der Waals surface area (Å²) in [6, 6.07) is 0. The summed E-state index contributed by atoms with van der Waals surface area (Å²) in [7, 11) is 4.22. The van der Waals surface area contributed by atoms with Gasteiger partial charge in [0.25, 0.3) is 0 Å². The fourth-order valence-corrected chi connectivity index (χ4v) is 2.84. The molecule has 1 rings (SSSR count). The SMILES string of the molecule is CCC(CCN)CCC(=O)NCC1(N(C)C)CCC1. The lowest BCUT2D eigenvalue weighted by Crippen LogP contribution is -2.57. The molecule has 1 atom stereocenters. The fraction of sp³-hybridized carbons (Fsp3) is 0.933. The first-order valence-corrected chi connectivity index (χ1v) is 7.68. The number of carbonyl (C=O) groups is 1. The Hall–Kier alpha value is -0.610. The van der Waals surface area contributed by atoms with Gasteiger partial charge in [-0.25, -0.2) is 0 Å². The number of nitrogens with zero attached hydrogens (tertiary/aromatic N) is 1. The minimum atomic E-state index is 0.198. The molecule has 0 radical (unpaired) electrons. The van der Waals surface area contributed by atoms with E-state index in [0.29, 0.717) is 12.3 Å². The molecule has 0 aromatic rings. The average molecular weight is 269 g/mol. The van der Waals surface area contributed by atoms with Gasteiger partial charge in [0.2, 0.25) is 5.91 Å². The van der Waals surface area contributed by atoms with E-state index in [4.69, 9.17) is 5.73 Å². The Morgan fingerprint density at radius 3 is 2.47 bits per heavy atom. The van der Waals surface area contributed by atoms with Gasteiger partial charge in [0, 0.05) is 18.5 Å². The van der Waals surface area contributed by atoms with Crippen LogP contribution in [0.5, 0.6) is 0 Å². The van der Waals surface area contributed by atoms with Crippen LogP contribution in [0, 0.1) is 5.92 Å². The smallest absolute Gasteiger partial charge is 0.220 e. The molecule has 0 bridgehead atoms. The molecule has 1 aliphatic carbocycles. The maximum absolute atomic E-state index is 11.9. The summed E-state index contributed by atoms with van der Waals surface area (Å²) in [5.41, 5.74) is 5.80. The maximum Gasteiger partial charge on any atom is 0.220 e. The van der Waals surface area contributed by atoms with Gasteiger partial charge in [-0.1, -0.05) is 13.3 Å². The largest absolute Gasteiger partial charge is 0.354 e. The molecule has 4 heteroatoms. The summed E-state index contributed by atoms with van der Waals surface area (Å²) in [5, 5.41) is 3.12. The van der Waals surface area contributed by atoms with E-state index in [9.17, 15) is 4.79 Å². The second kappa shape index (κ2) is 7.85. The third-order valence-electron chi connectivity index (χ3n) is 4.78. The number of nitrogens with one attached hydrogen (secondary N) is 1. The zero-order valence-electron chi connectivity index (χ0n) is 12.9. The van der Waals surface area contributed by atoms with Crippen molar-refractivity contribution in [2.75, 3.05) is 27.2 Å². The van der Waals surface area contributed by atoms with E-state index in [1.165, 1.54) is 19.3 Å². The van der Waals surface area contributed by atoms with E-state index in [1.807, 2.05) is 0 Å². The van der Waals surface area contributed by atoms with E-state index in [0.717, 1.165) is 32.4 Å². The molecule has 0 aromatic heterocycles. The van der Waals surface area contributed by atoms with Gasteiger partial charge in [0.1, 0.15) is 0 Å². The summed E-state index contributed by atoms with van der Waals surface area (Å²) < 4.78 is 0. The Kier molecular flexibility index (Phi) is 6.80. The summed E-state index contributed by atoms with van der Waals surface area (Å²) in [5.74, 6) is 0.797. The van der Waals surface area contributed by atoms with E-state index in [-0.39, 0.29) is 11.4 Å². The molecule has 0 aliphatic heterocycles. The van der Waals surface area contributed by atoms with Gasteiger partial charge in [0.15, 0.2) is 0 Å². The van der Waals surface area contributed by atoms with Crippen LogP contribution in [0.1, 0.15) is 51.9 Å². The van der Waals surface area contributed by atoms with Crippen LogP contribution >= 0.6 is 0 Å². The van der Waals surface area contributed by atoms with Crippen LogP contribution in [0.15, 0.2) is 0 Å². The van der Waals surface area contributed by atoms with Crippen molar-refractivity contribution >= 4 is 5.91 Å². The minimum Gasteiger partial charge on any atom is -0.354 e. The molecular weight excluding hydrogens is 238 g/mol. The summed E-state index contributed by atoms with van der Waals surface area (Å²) in [6.07, 6.45) is 7.44. The van der Waals surface area contributed by atoms with Crippen molar-refractivity contribution in [2.24, 2.45) is 11.7 Å². The van der Waals surface area contributed by atoms with Gasteiger partial charge < -0.3 is 16.0 Å². The van der Waals surface area contributed by atoms with Crippen LogP contribution in [-0.2, 0) is 4.79 Å². The van der Waals surface area contributed by atoms with E-state index < -0.39 is 0 Å². The van der Waals surface area contributed by atoms with Crippen molar-refractivity contribution in [3.8, 4) is 0 Å². The number of nitrogens with two attached hydrogens (primary N) is 1. The van der Waals surface area contributed by atoms with E-state index in [2.05, 4.69) is 31.2 Å². The molecular formula is C15H31N3O. The van der Waals surface area contributed by atoms with Crippen molar-refractivity contribution in [1.82, 2.24) is 10.2 Å². The molecule has 3 N–H and O–H groups in total. The van der Waals surface area contributed by atoms with Gasteiger partial charge in [-0.2, -0.15) is 0 Å². The van der Waals surface area contributed by atoms with Crippen LogP contribution in [0.2, 0.25) is 0 Å². The van der Waals surface area contributed by atoms with Crippen molar-refractivity contribution in [3.63, 3.8) is 0 Å². The van der Waals surface area contributed by atoms with Gasteiger partial charge in [-0.15, -0.1) is 0 Å². The first-order chi connectivity index (χ1) is 9.04. The number of amides is 1. The number of rotatable bonds is 9. The van der Waals surface area contributed by atoms with Crippen LogP contribution in [0.3, 0.4) is 0 Å². The molecule has 1 saturated carbocycles. The predicted molar refractivity (Wildman–Crippen MR) is 80.0 cm³/mol. The first-order valence-electron chi connectivity index (χ1n) is 7.68. The molecule has 1 aliphatic rings. The topological polar surface area (TPSA) is 58.4 Å². The molecule has 0 saturated heterocycles. The summed E-state index contributed by atoms with van der Waals surface area (Å²) in [4.78, 5) is 14.2. The Bertz CT molecular complexity index is 275. The highest BCUT2D eigenvalue weighted by molar-refractivity contribution is 5.75. The second-order valence-electron chi connectivity index (χ2n) is 6.14. The first kappa shape index (κ1) is 16.4. The second-order valence-corrected chi connectivity index (χ2v) is 6.14. The fourth-order valence-electron chi connectivity index (χ4n) is 2.84. The lowest BCUT2D eigenvalue weighted by molar-refractivity contribution is -0.122. The molecule has 19 heavy (non-hydrogen) atoms. The maximum atomic E-state index is 11.9. The lowest BCUT2D eigenvalue weighted by atomic mass is 9.75. The number of hydrogen-bond donors (Lipinski definition) is 2. The van der Waals surface area contributed by atoms with Crippen molar-refractivity contribution < 1.29 is 4.79 Å². The normalized spacial score (nSPS) is 19.0. The molecule has 112 valence electrons. The van der Waals surface area contributed by atoms with E-state index >= 15 is 0 Å². The van der Waals surface area contributed by atoms with Gasteiger partial charge in [0.05, 0.1) is 0 Å². The lowest BCUT2D eigenvalue weighted by Gasteiger charge is -2.47. The Morgan fingerprint density at radius 2 is 2.05 bits per heavy atom. The van der Waals surface area contributed by atoms with Crippen LogP contribution in [0.4, 0.5) is 0 Å². The standard InChI is InChI=1S/C15H31N3O/c1-4-13(8-11-16)6-7-14(19)17-12-15(18(2)3)9-5-10-15/h13H,4-12,16H2,1-3H3,(H,17,19). The highest BCUT2D eigenvalue weighted by Gasteiger charge is 2.39. The Labute approximate surface area is 118 Å². The molecule has 0 aromatic carbocycles. The molecule has 0 heterocycles. The zero-order chi connectivity index (χ0) is 14.3. The van der Waals surface area contributed by atoms with Crippen LogP contribution in [0.25, 0.3) is 0 Å². The number of carbonyl (C=O) groups excluding carboxylic acids is 1. The molecule has 1 amide bonds. The third kappa shape index (κ3) is 4.77. The molecule has 1 fully saturated rings. The molecule has 0 spiro atoms. The molecule has 4 nitrogen and oxygen atoms in total. The number of hydrogen-bond acceptors (Lipinski definition) is 3. The minimum absolute atomic E-state index is 0.198. The Morgan fingerprint density at radius 1 is 1.37 bits per heavy atom. The van der Waals surface area contributed by atoms with Gasteiger partial charge >= 0.3 is 0 Å².